The van der Waals surface area contributed by atoms with Gasteiger partial charge in [-0.2, -0.15) is 0 Å². The van der Waals surface area contributed by atoms with Gasteiger partial charge >= 0.3 is 5.97 Å². The molecular formula is C25H23NO4. The number of benzene rings is 3. The van der Waals surface area contributed by atoms with Crippen LogP contribution in [0.5, 0.6) is 11.5 Å². The van der Waals surface area contributed by atoms with E-state index in [0.29, 0.717) is 19.0 Å². The summed E-state index contributed by atoms with van der Waals surface area (Å²) in [4.78, 5) is 10.9. The SMILES string of the molecule is O=C(O)c1ccc(OCCCn2ccc3c(OCc4ccccc4)cccc32)cc1. The fraction of sp³-hybridized carbons (Fsp3) is 0.160. The molecule has 0 saturated heterocycles. The first-order valence-electron chi connectivity index (χ1n) is 9.91. The van der Waals surface area contributed by atoms with E-state index in [1.165, 1.54) is 0 Å². The highest BCUT2D eigenvalue weighted by Crippen LogP contribution is 2.27. The molecule has 1 heterocycles. The molecule has 0 atom stereocenters. The van der Waals surface area contributed by atoms with Gasteiger partial charge in [0.2, 0.25) is 0 Å². The highest BCUT2D eigenvalue weighted by molar-refractivity contribution is 5.87. The maximum atomic E-state index is 10.9. The van der Waals surface area contributed by atoms with Gasteiger partial charge in [-0.25, -0.2) is 4.79 Å². The van der Waals surface area contributed by atoms with Crippen molar-refractivity contribution in [3.8, 4) is 11.5 Å². The van der Waals surface area contributed by atoms with Gasteiger partial charge in [0.1, 0.15) is 18.1 Å². The van der Waals surface area contributed by atoms with E-state index in [0.717, 1.165) is 35.2 Å². The number of ether oxygens (including phenoxy) is 2. The summed E-state index contributed by atoms with van der Waals surface area (Å²) in [5.41, 5.74) is 2.53. The van der Waals surface area contributed by atoms with E-state index in [1.807, 2.05) is 30.3 Å². The fourth-order valence-corrected chi connectivity index (χ4v) is 3.37. The molecule has 0 aliphatic carbocycles. The number of rotatable bonds is 9. The lowest BCUT2D eigenvalue weighted by Crippen LogP contribution is -2.04. The van der Waals surface area contributed by atoms with Crippen molar-refractivity contribution in [1.82, 2.24) is 4.57 Å². The van der Waals surface area contributed by atoms with E-state index in [9.17, 15) is 4.79 Å². The van der Waals surface area contributed by atoms with Gasteiger partial charge in [0, 0.05) is 18.1 Å². The number of hydrogen-bond donors (Lipinski definition) is 1. The number of hydrogen-bond acceptors (Lipinski definition) is 3. The van der Waals surface area contributed by atoms with Gasteiger partial charge in [0.25, 0.3) is 0 Å². The van der Waals surface area contributed by atoms with Crippen LogP contribution < -0.4 is 9.47 Å². The third-order valence-electron chi connectivity index (χ3n) is 4.92. The van der Waals surface area contributed by atoms with Crippen molar-refractivity contribution in [2.75, 3.05) is 6.61 Å². The summed E-state index contributed by atoms with van der Waals surface area (Å²) in [6, 6.07) is 24.8. The summed E-state index contributed by atoms with van der Waals surface area (Å²) in [5, 5.41) is 10.0. The van der Waals surface area contributed by atoms with Crippen molar-refractivity contribution in [3.63, 3.8) is 0 Å². The highest BCUT2D eigenvalue weighted by atomic mass is 16.5. The van der Waals surface area contributed by atoms with E-state index in [-0.39, 0.29) is 5.56 Å². The molecule has 0 aliphatic rings. The monoisotopic (exact) mass is 401 g/mol. The summed E-state index contributed by atoms with van der Waals surface area (Å²) in [6.45, 7) is 1.91. The molecule has 0 bridgehead atoms. The Morgan fingerprint density at radius 1 is 0.867 bits per heavy atom. The van der Waals surface area contributed by atoms with Crippen molar-refractivity contribution in [2.45, 2.75) is 19.6 Å². The molecular weight excluding hydrogens is 378 g/mol. The van der Waals surface area contributed by atoms with Gasteiger partial charge in [-0.05, 0) is 54.4 Å². The minimum Gasteiger partial charge on any atom is -0.494 e. The van der Waals surface area contributed by atoms with Crippen molar-refractivity contribution in [1.29, 1.82) is 0 Å². The molecule has 0 fully saturated rings. The minimum atomic E-state index is -0.937. The third-order valence-corrected chi connectivity index (χ3v) is 4.92. The Bertz CT molecular complexity index is 1120. The summed E-state index contributed by atoms with van der Waals surface area (Å²) < 4.78 is 14.0. The van der Waals surface area contributed by atoms with Gasteiger partial charge in [0.15, 0.2) is 0 Å². The van der Waals surface area contributed by atoms with E-state index in [4.69, 9.17) is 14.6 Å². The van der Waals surface area contributed by atoms with E-state index < -0.39 is 5.97 Å². The standard InChI is InChI=1S/C25H23NO4/c27-25(28)20-10-12-21(13-11-20)29-17-5-15-26-16-14-22-23(26)8-4-9-24(22)30-18-19-6-2-1-3-7-19/h1-4,6-14,16H,5,15,17-18H2,(H,27,28). The molecule has 3 aromatic carbocycles. The normalized spacial score (nSPS) is 10.8. The first kappa shape index (κ1) is 19.6. The maximum absolute atomic E-state index is 10.9. The van der Waals surface area contributed by atoms with E-state index >= 15 is 0 Å². The Kier molecular flexibility index (Phi) is 5.99. The van der Waals surface area contributed by atoms with Gasteiger partial charge in [-0.15, -0.1) is 0 Å². The second kappa shape index (κ2) is 9.18. The Balaban J connectivity index is 1.34. The maximum Gasteiger partial charge on any atom is 0.335 e. The lowest BCUT2D eigenvalue weighted by Gasteiger charge is -2.10. The summed E-state index contributed by atoms with van der Waals surface area (Å²) in [7, 11) is 0. The van der Waals surface area contributed by atoms with Crippen LogP contribution in [0.1, 0.15) is 22.3 Å². The predicted molar refractivity (Wildman–Crippen MR) is 116 cm³/mol. The predicted octanol–water partition coefficient (Wildman–Crippen LogP) is 5.39. The van der Waals surface area contributed by atoms with E-state index in [2.05, 4.69) is 35.0 Å². The summed E-state index contributed by atoms with van der Waals surface area (Å²) in [6.07, 6.45) is 2.90. The topological polar surface area (TPSA) is 60.7 Å². The second-order valence-electron chi connectivity index (χ2n) is 7.00. The van der Waals surface area contributed by atoms with Gasteiger partial charge in [-0.3, -0.25) is 0 Å². The van der Waals surface area contributed by atoms with Crippen LogP contribution >= 0.6 is 0 Å². The minimum absolute atomic E-state index is 0.256. The Morgan fingerprint density at radius 2 is 1.67 bits per heavy atom. The molecule has 152 valence electrons. The number of carbonyl (C=O) groups is 1. The van der Waals surface area contributed by atoms with Crippen LogP contribution in [0.4, 0.5) is 0 Å². The van der Waals surface area contributed by atoms with Crippen LogP contribution in [-0.2, 0) is 13.2 Å². The molecule has 1 N–H and O–H groups in total. The molecule has 30 heavy (non-hydrogen) atoms. The molecule has 0 radical (unpaired) electrons. The average molecular weight is 401 g/mol. The molecule has 1 aromatic heterocycles. The van der Waals surface area contributed by atoms with Crippen molar-refractivity contribution in [2.24, 2.45) is 0 Å². The Hall–Kier alpha value is -3.73. The molecule has 0 unspecified atom stereocenters. The van der Waals surface area contributed by atoms with Gasteiger partial charge in [-0.1, -0.05) is 36.4 Å². The lowest BCUT2D eigenvalue weighted by molar-refractivity contribution is 0.0697. The molecule has 5 nitrogen and oxygen atoms in total. The number of carboxylic acid groups (broad SMARTS) is 1. The number of aryl methyl sites for hydroxylation is 1. The molecule has 0 saturated carbocycles. The number of aromatic nitrogens is 1. The molecule has 0 spiro atoms. The molecule has 0 amide bonds. The lowest BCUT2D eigenvalue weighted by atomic mass is 10.2. The van der Waals surface area contributed by atoms with Crippen LogP contribution in [0.2, 0.25) is 0 Å². The van der Waals surface area contributed by atoms with Crippen LogP contribution in [0.25, 0.3) is 10.9 Å². The van der Waals surface area contributed by atoms with Crippen LogP contribution in [-0.4, -0.2) is 22.2 Å². The molecule has 4 rings (SSSR count). The first-order valence-corrected chi connectivity index (χ1v) is 9.91. The Morgan fingerprint density at radius 3 is 2.43 bits per heavy atom. The van der Waals surface area contributed by atoms with Crippen LogP contribution in [0.15, 0.2) is 85.1 Å². The zero-order chi connectivity index (χ0) is 20.8. The van der Waals surface area contributed by atoms with Crippen molar-refractivity contribution >= 4 is 16.9 Å². The highest BCUT2D eigenvalue weighted by Gasteiger charge is 2.07. The van der Waals surface area contributed by atoms with Gasteiger partial charge in [0.05, 0.1) is 17.7 Å². The second-order valence-corrected chi connectivity index (χ2v) is 7.00. The van der Waals surface area contributed by atoms with Gasteiger partial charge < -0.3 is 19.1 Å². The summed E-state index contributed by atoms with van der Waals surface area (Å²) in [5.74, 6) is 0.618. The zero-order valence-electron chi connectivity index (χ0n) is 16.5. The fourth-order valence-electron chi connectivity index (χ4n) is 3.37. The van der Waals surface area contributed by atoms with Crippen molar-refractivity contribution < 1.29 is 19.4 Å². The third kappa shape index (κ3) is 4.63. The molecule has 4 aromatic rings. The number of aromatic carboxylic acids is 1. The van der Waals surface area contributed by atoms with Crippen molar-refractivity contribution in [3.05, 3.63) is 96.2 Å². The number of carboxylic acids is 1. The number of nitrogens with zero attached hydrogens (tertiary/aromatic N) is 1. The average Bonchev–Trinajstić information content (AvgIpc) is 3.20. The Labute approximate surface area is 175 Å². The first-order chi connectivity index (χ1) is 14.7. The number of fused-ring (bicyclic) bond motifs is 1. The quantitative estimate of drug-likeness (QED) is 0.382. The summed E-state index contributed by atoms with van der Waals surface area (Å²) >= 11 is 0. The zero-order valence-corrected chi connectivity index (χ0v) is 16.5. The van der Waals surface area contributed by atoms with Crippen LogP contribution in [0, 0.1) is 0 Å². The largest absolute Gasteiger partial charge is 0.494 e. The van der Waals surface area contributed by atoms with E-state index in [1.54, 1.807) is 24.3 Å². The molecule has 0 aliphatic heterocycles. The van der Waals surface area contributed by atoms with Crippen LogP contribution in [0.3, 0.4) is 0 Å². The smallest absolute Gasteiger partial charge is 0.335 e. The molecule has 5 heteroatoms.